The maximum absolute atomic E-state index is 4.97. The second kappa shape index (κ2) is 2.33. The van der Waals surface area contributed by atoms with Gasteiger partial charge in [-0.15, -0.1) is 0 Å². The smallest absolute Gasteiger partial charge is 0.307 e. The van der Waals surface area contributed by atoms with Gasteiger partial charge in [-0.25, -0.2) is 0 Å². The highest BCUT2D eigenvalue weighted by Crippen LogP contribution is 1.87. The summed E-state index contributed by atoms with van der Waals surface area (Å²) in [7, 11) is 3.92. The zero-order valence-electron chi connectivity index (χ0n) is 4.55. The molecule has 0 aromatic rings. The molecule has 0 aromatic heterocycles. The molecule has 1 heterocycles. The van der Waals surface area contributed by atoms with Crippen molar-refractivity contribution in [2.45, 2.75) is 0 Å². The first kappa shape index (κ1) is 5.13. The van der Waals surface area contributed by atoms with Crippen molar-refractivity contribution in [3.05, 3.63) is 0 Å². The van der Waals surface area contributed by atoms with Gasteiger partial charge in [0.2, 0.25) is 0 Å². The van der Waals surface area contributed by atoms with Crippen LogP contribution in [0, 0.1) is 0 Å². The Morgan fingerprint density at radius 2 is 2.57 bits per heavy atom. The van der Waals surface area contributed by atoms with Crippen molar-refractivity contribution >= 4 is 7.48 Å². The van der Waals surface area contributed by atoms with Gasteiger partial charge in [0.05, 0.1) is 0 Å². The lowest BCUT2D eigenvalue weighted by Crippen LogP contribution is -2.34. The van der Waals surface area contributed by atoms with Gasteiger partial charge in [-0.3, -0.25) is 0 Å². The molecular weight excluding hydrogens is 88.9 g/mol. The summed E-state index contributed by atoms with van der Waals surface area (Å²) in [6.45, 7) is 1.92. The second-order valence-electron chi connectivity index (χ2n) is 1.80. The molecule has 0 atom stereocenters. The summed E-state index contributed by atoms with van der Waals surface area (Å²) in [6, 6.07) is 0. The molecular formula is C4H9BNO. The van der Waals surface area contributed by atoms with Crippen molar-refractivity contribution < 1.29 is 4.65 Å². The minimum absolute atomic E-state index is 0.858. The molecule has 1 aliphatic heterocycles. The second-order valence-corrected chi connectivity index (χ2v) is 1.80. The number of rotatable bonds is 0. The van der Waals surface area contributed by atoms with Crippen LogP contribution in [-0.4, -0.2) is 39.0 Å². The van der Waals surface area contributed by atoms with Gasteiger partial charge in [-0.2, -0.15) is 0 Å². The molecule has 3 heteroatoms. The Kier molecular flexibility index (Phi) is 1.71. The van der Waals surface area contributed by atoms with Crippen LogP contribution in [0.25, 0.3) is 0 Å². The summed E-state index contributed by atoms with van der Waals surface area (Å²) < 4.78 is 4.97. The largest absolute Gasteiger partial charge is 0.438 e. The van der Waals surface area contributed by atoms with Crippen LogP contribution in [-0.2, 0) is 4.65 Å². The molecule has 2 nitrogen and oxygen atoms in total. The minimum atomic E-state index is 0.858. The molecule has 0 spiro atoms. The van der Waals surface area contributed by atoms with Crippen LogP contribution in [0.15, 0.2) is 0 Å². The van der Waals surface area contributed by atoms with Crippen LogP contribution in [0.3, 0.4) is 0 Å². The summed E-state index contributed by atoms with van der Waals surface area (Å²) in [4.78, 5) is 2.21. The number of hydrogen-bond acceptors (Lipinski definition) is 2. The highest BCUT2D eigenvalue weighted by atomic mass is 16.4. The van der Waals surface area contributed by atoms with Gasteiger partial charge in [-0.05, 0) is 13.5 Å². The quantitative estimate of drug-likeness (QED) is 0.379. The summed E-state index contributed by atoms with van der Waals surface area (Å²) in [6.07, 6.45) is 0.972. The monoisotopic (exact) mass is 98.1 g/mol. The van der Waals surface area contributed by atoms with Gasteiger partial charge in [0.1, 0.15) is 0 Å². The van der Waals surface area contributed by atoms with E-state index in [9.17, 15) is 0 Å². The van der Waals surface area contributed by atoms with E-state index in [0.717, 1.165) is 19.6 Å². The molecule has 0 N–H and O–H groups in total. The minimum Gasteiger partial charge on any atom is -0.438 e. The van der Waals surface area contributed by atoms with E-state index >= 15 is 0 Å². The predicted octanol–water partition coefficient (Wildman–Crippen LogP) is -0.475. The lowest BCUT2D eigenvalue weighted by Gasteiger charge is -2.20. The first-order valence-corrected chi connectivity index (χ1v) is 2.51. The van der Waals surface area contributed by atoms with Gasteiger partial charge >= 0.3 is 7.48 Å². The Morgan fingerprint density at radius 1 is 1.71 bits per heavy atom. The van der Waals surface area contributed by atoms with Crippen molar-refractivity contribution in [1.29, 1.82) is 0 Å². The summed E-state index contributed by atoms with van der Waals surface area (Å²) in [5.74, 6) is 0. The van der Waals surface area contributed by atoms with E-state index in [-0.39, 0.29) is 0 Å². The summed E-state index contributed by atoms with van der Waals surface area (Å²) >= 11 is 0. The zero-order chi connectivity index (χ0) is 5.11. The van der Waals surface area contributed by atoms with E-state index in [1.165, 1.54) is 0 Å². The SMILES string of the molecule is CN1C[B]OCC1. The van der Waals surface area contributed by atoms with Crippen molar-refractivity contribution in [2.24, 2.45) is 0 Å². The average molecular weight is 97.9 g/mol. The Balaban J connectivity index is 2.12. The van der Waals surface area contributed by atoms with Crippen molar-refractivity contribution in [3.63, 3.8) is 0 Å². The molecule has 1 aliphatic rings. The number of nitrogens with zero attached hydrogens (tertiary/aromatic N) is 1. The molecule has 0 amide bonds. The highest BCUT2D eigenvalue weighted by molar-refractivity contribution is 6.27. The Hall–Kier alpha value is -0.0151. The molecule has 0 aromatic carbocycles. The van der Waals surface area contributed by atoms with Crippen molar-refractivity contribution in [1.82, 2.24) is 4.90 Å². The molecule has 1 rings (SSSR count). The molecule has 7 heavy (non-hydrogen) atoms. The molecule has 0 saturated carbocycles. The molecule has 1 fully saturated rings. The van der Waals surface area contributed by atoms with E-state index in [4.69, 9.17) is 4.65 Å². The van der Waals surface area contributed by atoms with Crippen LogP contribution in [0.2, 0.25) is 0 Å². The zero-order valence-corrected chi connectivity index (χ0v) is 4.55. The van der Waals surface area contributed by atoms with Crippen LogP contribution >= 0.6 is 0 Å². The fourth-order valence-electron chi connectivity index (χ4n) is 0.563. The molecule has 1 saturated heterocycles. The molecule has 0 aliphatic carbocycles. The van der Waals surface area contributed by atoms with Crippen LogP contribution in [0.1, 0.15) is 0 Å². The normalized spacial score (nSPS) is 24.1. The summed E-state index contributed by atoms with van der Waals surface area (Å²) in [5, 5.41) is 0. The van der Waals surface area contributed by atoms with E-state index in [1.54, 1.807) is 0 Å². The third-order valence-electron chi connectivity index (χ3n) is 1.09. The fraction of sp³-hybridized carbons (Fsp3) is 1.00. The Morgan fingerprint density at radius 3 is 2.86 bits per heavy atom. The third-order valence-corrected chi connectivity index (χ3v) is 1.09. The number of likely N-dealkylation sites (N-methyl/N-ethyl adjacent to an activating group) is 1. The topological polar surface area (TPSA) is 12.5 Å². The van der Waals surface area contributed by atoms with Gasteiger partial charge in [0.25, 0.3) is 0 Å². The molecule has 0 bridgehead atoms. The molecule has 39 valence electrons. The maximum Gasteiger partial charge on any atom is 0.307 e. The Labute approximate surface area is 44.7 Å². The number of hydrogen-bond donors (Lipinski definition) is 0. The van der Waals surface area contributed by atoms with Gasteiger partial charge in [0.15, 0.2) is 0 Å². The molecule has 1 radical (unpaired) electrons. The first-order valence-electron chi connectivity index (χ1n) is 2.51. The van der Waals surface area contributed by atoms with Gasteiger partial charge in [0, 0.05) is 13.2 Å². The predicted molar refractivity (Wildman–Crippen MR) is 29.2 cm³/mol. The van der Waals surface area contributed by atoms with Crippen LogP contribution in [0.5, 0.6) is 0 Å². The Bertz CT molecular complexity index is 53.7. The maximum atomic E-state index is 4.97. The first-order chi connectivity index (χ1) is 3.39. The van der Waals surface area contributed by atoms with E-state index in [2.05, 4.69) is 11.9 Å². The van der Waals surface area contributed by atoms with Gasteiger partial charge in [-0.1, -0.05) is 0 Å². The van der Waals surface area contributed by atoms with Gasteiger partial charge < -0.3 is 9.55 Å². The van der Waals surface area contributed by atoms with Crippen LogP contribution < -0.4 is 0 Å². The van der Waals surface area contributed by atoms with E-state index in [0.29, 0.717) is 0 Å². The average Bonchev–Trinajstić information content (AvgIpc) is 1.69. The lowest BCUT2D eigenvalue weighted by molar-refractivity contribution is 0.220. The van der Waals surface area contributed by atoms with E-state index in [1.807, 2.05) is 7.48 Å². The lowest BCUT2D eigenvalue weighted by atomic mass is 10.00. The van der Waals surface area contributed by atoms with Crippen LogP contribution in [0.4, 0.5) is 0 Å². The standard InChI is InChI=1S/C4H9BNO/c1-6-2-3-7-5-4-6/h2-4H2,1H3. The van der Waals surface area contributed by atoms with E-state index < -0.39 is 0 Å². The van der Waals surface area contributed by atoms with Crippen molar-refractivity contribution in [3.8, 4) is 0 Å². The van der Waals surface area contributed by atoms with Crippen molar-refractivity contribution in [2.75, 3.05) is 26.6 Å². The third kappa shape index (κ3) is 1.49. The summed E-state index contributed by atoms with van der Waals surface area (Å²) in [5.41, 5.74) is 0. The fourth-order valence-corrected chi connectivity index (χ4v) is 0.563. The molecule has 0 unspecified atom stereocenters. The highest BCUT2D eigenvalue weighted by Gasteiger charge is 2.04.